The van der Waals surface area contributed by atoms with Gasteiger partial charge in [-0.2, -0.15) is 5.10 Å². The van der Waals surface area contributed by atoms with Crippen LogP contribution in [-0.2, 0) is 15.0 Å². The quantitative estimate of drug-likeness (QED) is 0.685. The Balaban J connectivity index is 1.81. The Kier molecular flexibility index (Phi) is 6.86. The van der Waals surface area contributed by atoms with Gasteiger partial charge < -0.3 is 10.2 Å². The van der Waals surface area contributed by atoms with Crippen LogP contribution in [0.15, 0.2) is 30.3 Å². The molecule has 0 aliphatic heterocycles. The van der Waals surface area contributed by atoms with Crippen LogP contribution in [0.2, 0.25) is 5.02 Å². The first-order chi connectivity index (χ1) is 14.2. The lowest BCUT2D eigenvalue weighted by Gasteiger charge is -2.31. The highest BCUT2D eigenvalue weighted by Crippen LogP contribution is 2.29. The number of amides is 2. The first-order valence-corrected chi connectivity index (χ1v) is 11.0. The second-order valence-corrected chi connectivity index (χ2v) is 9.43. The minimum absolute atomic E-state index is 0.0554. The van der Waals surface area contributed by atoms with Crippen molar-refractivity contribution in [3.63, 3.8) is 0 Å². The first-order valence-electron chi connectivity index (χ1n) is 10.6. The molecular weight excluding hydrogens is 400 g/mol. The largest absolute Gasteiger partial charge is 0.333 e. The van der Waals surface area contributed by atoms with Crippen molar-refractivity contribution in [3.05, 3.63) is 41.0 Å². The van der Waals surface area contributed by atoms with Crippen LogP contribution in [0.5, 0.6) is 0 Å². The molecule has 2 aromatic rings. The van der Waals surface area contributed by atoms with E-state index < -0.39 is 0 Å². The first kappa shape index (κ1) is 22.3. The average Bonchev–Trinajstić information content (AvgIpc) is 3.04. The van der Waals surface area contributed by atoms with Gasteiger partial charge in [0.1, 0.15) is 5.82 Å². The Morgan fingerprint density at radius 3 is 2.43 bits per heavy atom. The number of benzene rings is 1. The summed E-state index contributed by atoms with van der Waals surface area (Å²) in [5.74, 6) is 0.544. The summed E-state index contributed by atoms with van der Waals surface area (Å²) >= 11 is 6.02. The Labute approximate surface area is 183 Å². The van der Waals surface area contributed by atoms with E-state index in [0.717, 1.165) is 37.1 Å². The molecule has 1 fully saturated rings. The van der Waals surface area contributed by atoms with Crippen molar-refractivity contribution in [3.8, 4) is 5.69 Å². The van der Waals surface area contributed by atoms with Crippen LogP contribution in [0.3, 0.4) is 0 Å². The molecule has 0 radical (unpaired) electrons. The molecule has 2 amide bonds. The van der Waals surface area contributed by atoms with E-state index in [2.05, 4.69) is 26.1 Å². The number of rotatable bonds is 7. The van der Waals surface area contributed by atoms with E-state index in [1.807, 2.05) is 25.1 Å². The van der Waals surface area contributed by atoms with Crippen LogP contribution >= 0.6 is 11.6 Å². The van der Waals surface area contributed by atoms with Crippen molar-refractivity contribution in [2.45, 2.75) is 58.8 Å². The van der Waals surface area contributed by atoms with E-state index in [-0.39, 0.29) is 29.7 Å². The van der Waals surface area contributed by atoms with Crippen LogP contribution in [0.1, 0.15) is 59.1 Å². The fourth-order valence-corrected chi connectivity index (χ4v) is 3.55. The minimum atomic E-state index is -0.216. The third kappa shape index (κ3) is 5.22. The maximum Gasteiger partial charge on any atom is 0.245 e. The smallest absolute Gasteiger partial charge is 0.245 e. The zero-order valence-electron chi connectivity index (χ0n) is 18.2. The summed E-state index contributed by atoms with van der Waals surface area (Å²) in [4.78, 5) is 27.2. The number of nitrogens with zero attached hydrogens (tertiary/aromatic N) is 3. The normalized spacial score (nSPS) is 14.3. The number of nitrogens with one attached hydrogen (secondary N) is 1. The van der Waals surface area contributed by atoms with Crippen LogP contribution in [0.25, 0.3) is 5.69 Å². The lowest BCUT2D eigenvalue weighted by Crippen LogP contribution is -2.43. The Morgan fingerprint density at radius 2 is 1.90 bits per heavy atom. The van der Waals surface area contributed by atoms with Crippen LogP contribution in [0.4, 0.5) is 5.82 Å². The topological polar surface area (TPSA) is 67.2 Å². The summed E-state index contributed by atoms with van der Waals surface area (Å²) in [6.07, 6.45) is 3.78. The van der Waals surface area contributed by atoms with Gasteiger partial charge in [0.25, 0.3) is 0 Å². The van der Waals surface area contributed by atoms with Gasteiger partial charge in [0.2, 0.25) is 11.8 Å². The minimum Gasteiger partial charge on any atom is -0.333 e. The highest BCUT2D eigenvalue weighted by atomic mass is 35.5. The van der Waals surface area contributed by atoms with Gasteiger partial charge in [-0.1, -0.05) is 45.7 Å². The highest BCUT2D eigenvalue weighted by Gasteiger charge is 2.30. The molecule has 1 heterocycles. The molecule has 7 heteroatoms. The average molecular weight is 431 g/mol. The summed E-state index contributed by atoms with van der Waals surface area (Å²) in [5.41, 5.74) is 1.50. The standard InChI is InChI=1S/C23H31ClN4O2/c1-5-13-27(22(30)16-7-6-8-16)15-21(29)25-20-14-19(23(2,3)4)26-28(20)18-11-9-17(24)10-12-18/h9-12,14,16H,5-8,13,15H2,1-4H3,(H,25,29). The molecule has 0 unspecified atom stereocenters. The molecule has 3 rings (SSSR count). The molecule has 1 aromatic carbocycles. The molecular formula is C23H31ClN4O2. The number of anilines is 1. The molecule has 0 saturated heterocycles. The summed E-state index contributed by atoms with van der Waals surface area (Å²) in [6, 6.07) is 9.20. The van der Waals surface area contributed by atoms with Crippen molar-refractivity contribution in [2.24, 2.45) is 5.92 Å². The van der Waals surface area contributed by atoms with Gasteiger partial charge in [0.05, 0.1) is 17.9 Å². The Morgan fingerprint density at radius 1 is 1.23 bits per heavy atom. The second-order valence-electron chi connectivity index (χ2n) is 8.99. The van der Waals surface area contributed by atoms with Crippen molar-refractivity contribution >= 4 is 29.2 Å². The summed E-state index contributed by atoms with van der Waals surface area (Å²) in [7, 11) is 0. The van der Waals surface area contributed by atoms with Gasteiger partial charge in [0.15, 0.2) is 0 Å². The molecule has 0 spiro atoms. The molecule has 1 aromatic heterocycles. The molecule has 6 nitrogen and oxygen atoms in total. The van der Waals surface area contributed by atoms with Gasteiger partial charge >= 0.3 is 0 Å². The maximum atomic E-state index is 12.9. The third-order valence-corrected chi connectivity index (χ3v) is 5.66. The molecule has 1 aliphatic rings. The fraction of sp³-hybridized carbons (Fsp3) is 0.522. The van der Waals surface area contributed by atoms with E-state index in [9.17, 15) is 9.59 Å². The lowest BCUT2D eigenvalue weighted by atomic mass is 9.84. The number of halogens is 1. The zero-order valence-corrected chi connectivity index (χ0v) is 19.0. The fourth-order valence-electron chi connectivity index (χ4n) is 3.42. The SMILES string of the molecule is CCCN(CC(=O)Nc1cc(C(C)(C)C)nn1-c1ccc(Cl)cc1)C(=O)C1CCC1. The lowest BCUT2D eigenvalue weighted by molar-refractivity contribution is -0.140. The molecule has 1 aliphatic carbocycles. The van der Waals surface area contributed by atoms with Gasteiger partial charge in [-0.3, -0.25) is 9.59 Å². The van der Waals surface area contributed by atoms with Gasteiger partial charge in [0, 0.05) is 29.0 Å². The molecule has 1 N–H and O–H groups in total. The maximum absolute atomic E-state index is 12.9. The van der Waals surface area contributed by atoms with Crippen molar-refractivity contribution in [1.82, 2.24) is 14.7 Å². The highest BCUT2D eigenvalue weighted by molar-refractivity contribution is 6.30. The van der Waals surface area contributed by atoms with E-state index in [0.29, 0.717) is 17.4 Å². The van der Waals surface area contributed by atoms with Crippen molar-refractivity contribution in [2.75, 3.05) is 18.4 Å². The summed E-state index contributed by atoms with van der Waals surface area (Å²) in [5, 5.41) is 8.32. The van der Waals surface area contributed by atoms with Crippen LogP contribution in [-0.4, -0.2) is 39.6 Å². The van der Waals surface area contributed by atoms with Crippen molar-refractivity contribution < 1.29 is 9.59 Å². The van der Waals surface area contributed by atoms with Crippen LogP contribution < -0.4 is 5.32 Å². The van der Waals surface area contributed by atoms with E-state index in [1.165, 1.54) is 0 Å². The van der Waals surface area contributed by atoms with E-state index in [1.54, 1.807) is 21.7 Å². The Bertz CT molecular complexity index is 895. The summed E-state index contributed by atoms with van der Waals surface area (Å²) in [6.45, 7) is 8.89. The van der Waals surface area contributed by atoms with Gasteiger partial charge in [-0.15, -0.1) is 0 Å². The molecule has 30 heavy (non-hydrogen) atoms. The number of carbonyl (C=O) groups is 2. The summed E-state index contributed by atoms with van der Waals surface area (Å²) < 4.78 is 1.72. The predicted octanol–water partition coefficient (Wildman–Crippen LogP) is 4.80. The molecule has 162 valence electrons. The van der Waals surface area contributed by atoms with Crippen molar-refractivity contribution in [1.29, 1.82) is 0 Å². The third-order valence-electron chi connectivity index (χ3n) is 5.41. The number of hydrogen-bond donors (Lipinski definition) is 1. The molecule has 0 bridgehead atoms. The second kappa shape index (κ2) is 9.21. The van der Waals surface area contributed by atoms with E-state index >= 15 is 0 Å². The zero-order chi connectivity index (χ0) is 21.9. The number of aromatic nitrogens is 2. The number of hydrogen-bond acceptors (Lipinski definition) is 3. The number of carbonyl (C=O) groups excluding carboxylic acids is 2. The van der Waals surface area contributed by atoms with Gasteiger partial charge in [-0.05, 0) is 43.5 Å². The Hall–Kier alpha value is -2.34. The van der Waals surface area contributed by atoms with Gasteiger partial charge in [-0.25, -0.2) is 4.68 Å². The van der Waals surface area contributed by atoms with E-state index in [4.69, 9.17) is 16.7 Å². The molecule has 0 atom stereocenters. The predicted molar refractivity (Wildman–Crippen MR) is 120 cm³/mol. The monoisotopic (exact) mass is 430 g/mol. The molecule has 1 saturated carbocycles. The van der Waals surface area contributed by atoms with Crippen LogP contribution in [0, 0.1) is 5.92 Å².